The van der Waals surface area contributed by atoms with Crippen LogP contribution in [0.4, 0.5) is 0 Å². The van der Waals surface area contributed by atoms with Crippen molar-refractivity contribution in [2.45, 2.75) is 45.3 Å². The van der Waals surface area contributed by atoms with Crippen LogP contribution in [0.2, 0.25) is 0 Å². The van der Waals surface area contributed by atoms with E-state index in [1.807, 2.05) is 20.8 Å². The standard InChI is InChI=1S/C10H14O2/c1-6(2)7-4-5-10(3)9(12-10)8(7)11/h9H,4-5H2,1-3H3/t9-,10-/m0/s1. The Morgan fingerprint density at radius 2 is 2.25 bits per heavy atom. The molecule has 0 aromatic heterocycles. The number of carbonyl (C=O) groups excluding carboxylic acids is 1. The van der Waals surface area contributed by atoms with Crippen LogP contribution in [-0.4, -0.2) is 17.5 Å². The van der Waals surface area contributed by atoms with Gasteiger partial charge in [-0.25, -0.2) is 0 Å². The average Bonchev–Trinajstić information content (AvgIpc) is 2.62. The monoisotopic (exact) mass is 166 g/mol. The fourth-order valence-electron chi connectivity index (χ4n) is 1.91. The maximum Gasteiger partial charge on any atom is 0.190 e. The predicted molar refractivity (Wildman–Crippen MR) is 45.9 cm³/mol. The van der Waals surface area contributed by atoms with Gasteiger partial charge in [-0.3, -0.25) is 4.79 Å². The minimum atomic E-state index is -0.115. The van der Waals surface area contributed by atoms with Crippen LogP contribution in [0.15, 0.2) is 11.1 Å². The molecule has 2 aliphatic rings. The van der Waals surface area contributed by atoms with Crippen molar-refractivity contribution in [1.82, 2.24) is 0 Å². The van der Waals surface area contributed by atoms with E-state index in [1.54, 1.807) is 0 Å². The summed E-state index contributed by atoms with van der Waals surface area (Å²) in [6.45, 7) is 6.02. The number of Topliss-reactive ketones (excluding diaryl/α,β-unsaturated/α-hetero) is 1. The number of fused-ring (bicyclic) bond motifs is 1. The third kappa shape index (κ3) is 0.944. The molecule has 0 amide bonds. The molecule has 1 saturated heterocycles. The average molecular weight is 166 g/mol. The summed E-state index contributed by atoms with van der Waals surface area (Å²) in [6.07, 6.45) is 1.79. The second-order valence-electron chi connectivity index (χ2n) is 4.15. The van der Waals surface area contributed by atoms with Crippen LogP contribution in [0, 0.1) is 0 Å². The maximum atomic E-state index is 11.6. The fraction of sp³-hybridized carbons (Fsp3) is 0.700. The summed E-state index contributed by atoms with van der Waals surface area (Å²) in [7, 11) is 0. The first kappa shape index (κ1) is 7.99. The van der Waals surface area contributed by atoms with Gasteiger partial charge < -0.3 is 4.74 Å². The van der Waals surface area contributed by atoms with E-state index >= 15 is 0 Å². The maximum absolute atomic E-state index is 11.6. The van der Waals surface area contributed by atoms with Gasteiger partial charge >= 0.3 is 0 Å². The zero-order valence-corrected chi connectivity index (χ0v) is 7.81. The van der Waals surface area contributed by atoms with Crippen LogP contribution < -0.4 is 0 Å². The van der Waals surface area contributed by atoms with Gasteiger partial charge in [-0.05, 0) is 39.2 Å². The highest BCUT2D eigenvalue weighted by Gasteiger charge is 2.59. The van der Waals surface area contributed by atoms with Crippen LogP contribution in [0.25, 0.3) is 0 Å². The lowest BCUT2D eigenvalue weighted by molar-refractivity contribution is -0.117. The molecule has 2 heteroatoms. The van der Waals surface area contributed by atoms with Crippen molar-refractivity contribution in [1.29, 1.82) is 0 Å². The molecule has 1 aliphatic carbocycles. The van der Waals surface area contributed by atoms with E-state index in [4.69, 9.17) is 4.74 Å². The van der Waals surface area contributed by atoms with E-state index in [-0.39, 0.29) is 17.5 Å². The molecule has 0 bridgehead atoms. The van der Waals surface area contributed by atoms with Crippen LogP contribution in [0.3, 0.4) is 0 Å². The molecule has 66 valence electrons. The van der Waals surface area contributed by atoms with Crippen molar-refractivity contribution < 1.29 is 9.53 Å². The molecular formula is C10H14O2. The molecule has 2 atom stereocenters. The minimum absolute atomic E-state index is 0.101. The van der Waals surface area contributed by atoms with E-state index < -0.39 is 0 Å². The van der Waals surface area contributed by atoms with Gasteiger partial charge in [-0.15, -0.1) is 0 Å². The first-order valence-corrected chi connectivity index (χ1v) is 4.43. The summed E-state index contributed by atoms with van der Waals surface area (Å²) in [4.78, 5) is 11.6. The molecule has 1 saturated carbocycles. The molecule has 2 nitrogen and oxygen atoms in total. The number of carbonyl (C=O) groups is 1. The molecule has 0 aromatic carbocycles. The van der Waals surface area contributed by atoms with E-state index in [9.17, 15) is 4.79 Å². The molecule has 0 spiro atoms. The highest BCUT2D eigenvalue weighted by atomic mass is 16.6. The number of allylic oxidation sites excluding steroid dienone is 1. The van der Waals surface area contributed by atoms with Crippen LogP contribution >= 0.6 is 0 Å². The molecule has 0 N–H and O–H groups in total. The van der Waals surface area contributed by atoms with Gasteiger partial charge in [0.1, 0.15) is 11.7 Å². The van der Waals surface area contributed by atoms with Gasteiger partial charge in [0.2, 0.25) is 0 Å². The first-order valence-electron chi connectivity index (χ1n) is 4.43. The molecule has 0 aromatic rings. The van der Waals surface area contributed by atoms with Crippen molar-refractivity contribution >= 4 is 5.78 Å². The van der Waals surface area contributed by atoms with Gasteiger partial charge in [0.25, 0.3) is 0 Å². The second kappa shape index (κ2) is 2.19. The van der Waals surface area contributed by atoms with E-state index in [0.29, 0.717) is 0 Å². The summed E-state index contributed by atoms with van der Waals surface area (Å²) in [5.41, 5.74) is 2.04. The highest BCUT2D eigenvalue weighted by molar-refractivity contribution is 6.02. The molecule has 0 radical (unpaired) electrons. The predicted octanol–water partition coefficient (Wildman–Crippen LogP) is 1.84. The number of hydrogen-bond acceptors (Lipinski definition) is 2. The van der Waals surface area contributed by atoms with E-state index in [1.165, 1.54) is 0 Å². The quantitative estimate of drug-likeness (QED) is 0.406. The fourth-order valence-corrected chi connectivity index (χ4v) is 1.91. The Labute approximate surface area is 72.6 Å². The third-order valence-electron chi connectivity index (χ3n) is 2.89. The number of ketones is 1. The van der Waals surface area contributed by atoms with Crippen molar-refractivity contribution in [3.8, 4) is 0 Å². The molecule has 2 rings (SSSR count). The Balaban J connectivity index is 2.26. The zero-order chi connectivity index (χ0) is 8.93. The largest absolute Gasteiger partial charge is 0.358 e. The van der Waals surface area contributed by atoms with Gasteiger partial charge in [-0.2, -0.15) is 0 Å². The van der Waals surface area contributed by atoms with E-state index in [0.717, 1.165) is 24.0 Å². The Kier molecular flexibility index (Phi) is 1.46. The molecule has 1 aliphatic heterocycles. The highest BCUT2D eigenvalue weighted by Crippen LogP contribution is 2.47. The first-order chi connectivity index (χ1) is 5.54. The summed E-state index contributed by atoms with van der Waals surface area (Å²) >= 11 is 0. The lowest BCUT2D eigenvalue weighted by Crippen LogP contribution is -2.26. The lowest BCUT2D eigenvalue weighted by Gasteiger charge is -2.15. The third-order valence-corrected chi connectivity index (χ3v) is 2.89. The summed E-state index contributed by atoms with van der Waals surface area (Å²) in [5.74, 6) is 0.226. The van der Waals surface area contributed by atoms with Crippen molar-refractivity contribution in [3.63, 3.8) is 0 Å². The van der Waals surface area contributed by atoms with Crippen molar-refractivity contribution in [2.75, 3.05) is 0 Å². The molecular weight excluding hydrogens is 152 g/mol. The molecule has 0 unspecified atom stereocenters. The summed E-state index contributed by atoms with van der Waals surface area (Å²) in [5, 5.41) is 0. The smallest absolute Gasteiger partial charge is 0.190 e. The summed E-state index contributed by atoms with van der Waals surface area (Å²) < 4.78 is 5.37. The zero-order valence-electron chi connectivity index (χ0n) is 7.81. The van der Waals surface area contributed by atoms with Gasteiger partial charge in [-0.1, -0.05) is 5.57 Å². The Morgan fingerprint density at radius 1 is 1.58 bits per heavy atom. The molecule has 12 heavy (non-hydrogen) atoms. The SMILES string of the molecule is CC(C)=C1CC[C@]2(C)O[C@H]2C1=O. The Morgan fingerprint density at radius 3 is 2.83 bits per heavy atom. The van der Waals surface area contributed by atoms with Crippen LogP contribution in [-0.2, 0) is 9.53 Å². The topological polar surface area (TPSA) is 29.6 Å². The minimum Gasteiger partial charge on any atom is -0.358 e. The Hall–Kier alpha value is -0.630. The lowest BCUT2D eigenvalue weighted by atomic mass is 9.84. The van der Waals surface area contributed by atoms with Crippen LogP contribution in [0.1, 0.15) is 33.6 Å². The van der Waals surface area contributed by atoms with Gasteiger partial charge in [0, 0.05) is 0 Å². The van der Waals surface area contributed by atoms with Crippen molar-refractivity contribution in [3.05, 3.63) is 11.1 Å². The number of epoxide rings is 1. The number of hydrogen-bond donors (Lipinski definition) is 0. The second-order valence-corrected chi connectivity index (χ2v) is 4.15. The molecule has 2 fully saturated rings. The van der Waals surface area contributed by atoms with Gasteiger partial charge in [0.05, 0.1) is 0 Å². The number of ether oxygens (including phenoxy) is 1. The Bertz CT molecular complexity index is 274. The summed E-state index contributed by atoms with van der Waals surface area (Å²) in [6, 6.07) is 0. The normalized spacial score (nSPS) is 39.4. The number of rotatable bonds is 0. The van der Waals surface area contributed by atoms with E-state index in [2.05, 4.69) is 0 Å². The van der Waals surface area contributed by atoms with Crippen molar-refractivity contribution in [2.24, 2.45) is 0 Å². The molecule has 1 heterocycles. The van der Waals surface area contributed by atoms with Crippen LogP contribution in [0.5, 0.6) is 0 Å². The van der Waals surface area contributed by atoms with Gasteiger partial charge in [0.15, 0.2) is 5.78 Å².